The van der Waals surface area contributed by atoms with Gasteiger partial charge in [-0.1, -0.05) is 0 Å². The number of hydrogen-bond donors (Lipinski definition) is 2. The molecule has 1 amide bonds. The van der Waals surface area contributed by atoms with E-state index in [2.05, 4.69) is 10.6 Å². The van der Waals surface area contributed by atoms with E-state index in [0.29, 0.717) is 23.7 Å². The summed E-state index contributed by atoms with van der Waals surface area (Å²) in [4.78, 5) is 11.7. The molecule has 1 aliphatic rings. The summed E-state index contributed by atoms with van der Waals surface area (Å²) in [5, 5.41) is 6.16. The van der Waals surface area contributed by atoms with E-state index >= 15 is 0 Å². The maximum absolute atomic E-state index is 13.1. The molecule has 2 rings (SSSR count). The van der Waals surface area contributed by atoms with Crippen molar-refractivity contribution in [2.24, 2.45) is 0 Å². The number of hydrogen-bond acceptors (Lipinski definition) is 2. The summed E-state index contributed by atoms with van der Waals surface area (Å²) < 4.78 is 13.1. The Hall–Kier alpha value is -1.42. The first-order chi connectivity index (χ1) is 8.65. The molecular weight excluding hydrogens is 231 g/mol. The molecule has 18 heavy (non-hydrogen) atoms. The molecular formula is C14H19FN2O. The van der Waals surface area contributed by atoms with Crippen LogP contribution in [0.4, 0.5) is 10.1 Å². The van der Waals surface area contributed by atoms with Crippen molar-refractivity contribution in [3.8, 4) is 0 Å². The highest BCUT2D eigenvalue weighted by atomic mass is 19.1. The molecule has 1 aliphatic heterocycles. The first-order valence-corrected chi connectivity index (χ1v) is 6.44. The maximum Gasteiger partial charge on any atom is 0.224 e. The predicted octanol–water partition coefficient (Wildman–Crippen LogP) is 2.60. The standard InChI is InChI=1S/C14H19FN2O/c1-10-9-12(4-6-13(10)15)17-14(18)7-5-11-3-2-8-16-11/h4,6,9,11,16H,2-3,5,7-8H2,1H3,(H,17,18). The van der Waals surface area contributed by atoms with Crippen molar-refractivity contribution in [3.05, 3.63) is 29.6 Å². The minimum atomic E-state index is -0.247. The Morgan fingerprint density at radius 1 is 1.56 bits per heavy atom. The molecule has 0 spiro atoms. The zero-order chi connectivity index (χ0) is 13.0. The van der Waals surface area contributed by atoms with E-state index in [0.717, 1.165) is 19.4 Å². The van der Waals surface area contributed by atoms with Crippen LogP contribution in [0, 0.1) is 12.7 Å². The summed E-state index contributed by atoms with van der Waals surface area (Å²) >= 11 is 0. The van der Waals surface area contributed by atoms with Gasteiger partial charge in [0.1, 0.15) is 5.82 Å². The highest BCUT2D eigenvalue weighted by Gasteiger charge is 2.15. The summed E-state index contributed by atoms with van der Waals surface area (Å²) in [6, 6.07) is 5.10. The third kappa shape index (κ3) is 3.53. The normalized spacial score (nSPS) is 18.9. The predicted molar refractivity (Wildman–Crippen MR) is 70.0 cm³/mol. The van der Waals surface area contributed by atoms with Gasteiger partial charge in [-0.15, -0.1) is 0 Å². The number of rotatable bonds is 4. The fraction of sp³-hybridized carbons (Fsp3) is 0.500. The zero-order valence-corrected chi connectivity index (χ0v) is 10.6. The van der Waals surface area contributed by atoms with Crippen molar-refractivity contribution in [1.82, 2.24) is 5.32 Å². The van der Waals surface area contributed by atoms with Crippen LogP contribution in [0.2, 0.25) is 0 Å². The van der Waals surface area contributed by atoms with Crippen LogP contribution in [0.1, 0.15) is 31.2 Å². The lowest BCUT2D eigenvalue weighted by molar-refractivity contribution is -0.116. The van der Waals surface area contributed by atoms with Crippen LogP contribution in [-0.2, 0) is 4.79 Å². The van der Waals surface area contributed by atoms with Gasteiger partial charge in [0.05, 0.1) is 0 Å². The Morgan fingerprint density at radius 2 is 2.39 bits per heavy atom. The van der Waals surface area contributed by atoms with Crippen LogP contribution in [0.15, 0.2) is 18.2 Å². The molecule has 1 atom stereocenters. The van der Waals surface area contributed by atoms with Crippen LogP contribution in [0.25, 0.3) is 0 Å². The Balaban J connectivity index is 1.80. The number of halogens is 1. The molecule has 1 aromatic carbocycles. The fourth-order valence-electron chi connectivity index (χ4n) is 2.25. The monoisotopic (exact) mass is 250 g/mol. The topological polar surface area (TPSA) is 41.1 Å². The molecule has 3 nitrogen and oxygen atoms in total. The first kappa shape index (κ1) is 13.0. The number of aryl methyl sites for hydroxylation is 1. The summed E-state index contributed by atoms with van der Waals surface area (Å²) in [6.45, 7) is 2.75. The summed E-state index contributed by atoms with van der Waals surface area (Å²) in [5.74, 6) is -0.252. The number of benzene rings is 1. The summed E-state index contributed by atoms with van der Waals surface area (Å²) in [7, 11) is 0. The van der Waals surface area contributed by atoms with Gasteiger partial charge in [0.15, 0.2) is 0 Å². The highest BCUT2D eigenvalue weighted by Crippen LogP contribution is 2.15. The lowest BCUT2D eigenvalue weighted by Crippen LogP contribution is -2.23. The van der Waals surface area contributed by atoms with Gasteiger partial charge in [-0.05, 0) is 56.5 Å². The molecule has 0 saturated carbocycles. The third-order valence-corrected chi connectivity index (χ3v) is 3.32. The van der Waals surface area contributed by atoms with Crippen LogP contribution in [0.5, 0.6) is 0 Å². The van der Waals surface area contributed by atoms with Crippen molar-refractivity contribution in [3.63, 3.8) is 0 Å². The number of amides is 1. The van der Waals surface area contributed by atoms with Gasteiger partial charge in [-0.3, -0.25) is 4.79 Å². The largest absolute Gasteiger partial charge is 0.326 e. The molecule has 0 aliphatic carbocycles. The molecule has 2 N–H and O–H groups in total. The molecule has 1 aromatic rings. The van der Waals surface area contributed by atoms with Crippen molar-refractivity contribution in [2.45, 2.75) is 38.6 Å². The van der Waals surface area contributed by atoms with Gasteiger partial charge in [-0.25, -0.2) is 4.39 Å². The number of nitrogens with one attached hydrogen (secondary N) is 2. The molecule has 1 saturated heterocycles. The highest BCUT2D eigenvalue weighted by molar-refractivity contribution is 5.90. The van der Waals surface area contributed by atoms with Gasteiger partial charge < -0.3 is 10.6 Å². The smallest absolute Gasteiger partial charge is 0.224 e. The molecule has 1 heterocycles. The average Bonchev–Trinajstić information content (AvgIpc) is 2.84. The lowest BCUT2D eigenvalue weighted by Gasteiger charge is -2.10. The third-order valence-electron chi connectivity index (χ3n) is 3.32. The average molecular weight is 250 g/mol. The SMILES string of the molecule is Cc1cc(NC(=O)CCC2CCCN2)ccc1F. The molecule has 0 radical (unpaired) electrons. The minimum Gasteiger partial charge on any atom is -0.326 e. The molecule has 1 unspecified atom stereocenters. The number of anilines is 1. The van der Waals surface area contributed by atoms with E-state index < -0.39 is 0 Å². The van der Waals surface area contributed by atoms with Gasteiger partial charge in [0, 0.05) is 18.2 Å². The number of carbonyl (C=O) groups excluding carboxylic acids is 1. The van der Waals surface area contributed by atoms with Crippen LogP contribution in [0.3, 0.4) is 0 Å². The van der Waals surface area contributed by atoms with Gasteiger partial charge in [0.2, 0.25) is 5.91 Å². The quantitative estimate of drug-likeness (QED) is 0.862. The Kier molecular flexibility index (Phi) is 4.31. The van der Waals surface area contributed by atoms with Crippen molar-refractivity contribution >= 4 is 11.6 Å². The van der Waals surface area contributed by atoms with Crippen LogP contribution < -0.4 is 10.6 Å². The van der Waals surface area contributed by atoms with E-state index in [9.17, 15) is 9.18 Å². The van der Waals surface area contributed by atoms with Crippen LogP contribution in [-0.4, -0.2) is 18.5 Å². The Labute approximate surface area is 107 Å². The van der Waals surface area contributed by atoms with Gasteiger partial charge >= 0.3 is 0 Å². The molecule has 98 valence electrons. The van der Waals surface area contributed by atoms with E-state index in [4.69, 9.17) is 0 Å². The fourth-order valence-corrected chi connectivity index (χ4v) is 2.25. The Bertz CT molecular complexity index is 428. The molecule has 4 heteroatoms. The molecule has 1 fully saturated rings. The van der Waals surface area contributed by atoms with Crippen molar-refractivity contribution < 1.29 is 9.18 Å². The Morgan fingerprint density at radius 3 is 3.06 bits per heavy atom. The summed E-state index contributed by atoms with van der Waals surface area (Å²) in [6.07, 6.45) is 3.73. The number of carbonyl (C=O) groups is 1. The van der Waals surface area contributed by atoms with Gasteiger partial charge in [-0.2, -0.15) is 0 Å². The van der Waals surface area contributed by atoms with Crippen molar-refractivity contribution in [2.75, 3.05) is 11.9 Å². The summed E-state index contributed by atoms with van der Waals surface area (Å²) in [5.41, 5.74) is 1.21. The second-order valence-corrected chi connectivity index (χ2v) is 4.84. The van der Waals surface area contributed by atoms with E-state index in [1.54, 1.807) is 19.1 Å². The molecule has 0 bridgehead atoms. The van der Waals surface area contributed by atoms with Crippen molar-refractivity contribution in [1.29, 1.82) is 0 Å². The van der Waals surface area contributed by atoms with E-state index in [1.165, 1.54) is 12.5 Å². The second kappa shape index (κ2) is 5.96. The zero-order valence-electron chi connectivity index (χ0n) is 10.6. The van der Waals surface area contributed by atoms with E-state index in [-0.39, 0.29) is 11.7 Å². The first-order valence-electron chi connectivity index (χ1n) is 6.44. The maximum atomic E-state index is 13.1. The van der Waals surface area contributed by atoms with Gasteiger partial charge in [0.25, 0.3) is 0 Å². The van der Waals surface area contributed by atoms with Crippen LogP contribution >= 0.6 is 0 Å². The minimum absolute atomic E-state index is 0.00490. The second-order valence-electron chi connectivity index (χ2n) is 4.84. The lowest BCUT2D eigenvalue weighted by atomic mass is 10.1. The van der Waals surface area contributed by atoms with E-state index in [1.807, 2.05) is 0 Å². The molecule has 0 aromatic heterocycles.